The first-order chi connectivity index (χ1) is 11.1. The third-order valence-electron chi connectivity index (χ3n) is 3.23. The number of anilines is 1. The predicted molar refractivity (Wildman–Crippen MR) is 104 cm³/mol. The first kappa shape index (κ1) is 17.5. The molecule has 1 amide bonds. The van der Waals surface area contributed by atoms with E-state index in [-0.39, 0.29) is 5.91 Å². The van der Waals surface area contributed by atoms with E-state index < -0.39 is 0 Å². The van der Waals surface area contributed by atoms with Gasteiger partial charge in [0, 0.05) is 15.3 Å². The van der Waals surface area contributed by atoms with Crippen LogP contribution in [-0.4, -0.2) is 12.5 Å². The lowest BCUT2D eigenvalue weighted by Crippen LogP contribution is -2.08. The van der Waals surface area contributed by atoms with Crippen molar-refractivity contribution in [2.45, 2.75) is 20.3 Å². The van der Waals surface area contributed by atoms with Gasteiger partial charge in [0.15, 0.2) is 0 Å². The summed E-state index contributed by atoms with van der Waals surface area (Å²) in [7, 11) is 0. The van der Waals surface area contributed by atoms with Gasteiger partial charge in [0.05, 0.1) is 6.61 Å². The Morgan fingerprint density at radius 2 is 1.96 bits per heavy atom. The van der Waals surface area contributed by atoms with E-state index in [9.17, 15) is 4.79 Å². The molecule has 23 heavy (non-hydrogen) atoms. The maximum atomic E-state index is 12.0. The van der Waals surface area contributed by atoms with Gasteiger partial charge in [-0.2, -0.15) is 0 Å². The Hall–Kier alpha value is -1.82. The van der Waals surface area contributed by atoms with E-state index >= 15 is 0 Å². The van der Waals surface area contributed by atoms with Crippen molar-refractivity contribution < 1.29 is 9.53 Å². The molecule has 0 fully saturated rings. The fraction of sp³-hybridized carbons (Fsp3) is 0.211. The van der Waals surface area contributed by atoms with E-state index in [2.05, 4.69) is 34.8 Å². The molecule has 0 aliphatic rings. The number of hydrogen-bond donors (Lipinski definition) is 1. The first-order valence-electron chi connectivity index (χ1n) is 7.56. The number of benzene rings is 2. The summed E-state index contributed by atoms with van der Waals surface area (Å²) in [4.78, 5) is 12.0. The molecule has 1 N–H and O–H groups in total. The van der Waals surface area contributed by atoms with Gasteiger partial charge in [-0.05, 0) is 83.5 Å². The lowest BCUT2D eigenvalue weighted by atomic mass is 10.2. The normalized spacial score (nSPS) is 10.7. The number of carbonyl (C=O) groups excluding carboxylic acids is 1. The zero-order valence-corrected chi connectivity index (χ0v) is 15.5. The van der Waals surface area contributed by atoms with Crippen LogP contribution >= 0.6 is 22.6 Å². The number of amides is 1. The Labute approximate surface area is 150 Å². The van der Waals surface area contributed by atoms with Crippen molar-refractivity contribution >= 4 is 40.3 Å². The van der Waals surface area contributed by atoms with Gasteiger partial charge < -0.3 is 10.1 Å². The Balaban J connectivity index is 1.95. The Morgan fingerprint density at radius 1 is 1.22 bits per heavy atom. The van der Waals surface area contributed by atoms with Crippen LogP contribution < -0.4 is 10.1 Å². The fourth-order valence-electron chi connectivity index (χ4n) is 2.01. The van der Waals surface area contributed by atoms with Gasteiger partial charge in [0.25, 0.3) is 0 Å². The molecule has 0 heterocycles. The SMILES string of the molecule is CCCOc1ccc(/C=C/C(=O)Nc2ccc(I)cc2C)cc1. The van der Waals surface area contributed by atoms with Crippen molar-refractivity contribution in [3.8, 4) is 5.75 Å². The van der Waals surface area contributed by atoms with E-state index in [1.165, 1.54) is 0 Å². The summed E-state index contributed by atoms with van der Waals surface area (Å²) in [6.45, 7) is 4.77. The number of nitrogens with one attached hydrogen (secondary N) is 1. The average Bonchev–Trinajstić information content (AvgIpc) is 2.54. The van der Waals surface area contributed by atoms with Crippen LogP contribution in [-0.2, 0) is 4.79 Å². The van der Waals surface area contributed by atoms with E-state index in [1.807, 2.05) is 49.4 Å². The minimum Gasteiger partial charge on any atom is -0.494 e. The molecule has 0 saturated carbocycles. The van der Waals surface area contributed by atoms with Gasteiger partial charge >= 0.3 is 0 Å². The monoisotopic (exact) mass is 421 g/mol. The molecule has 0 aliphatic heterocycles. The summed E-state index contributed by atoms with van der Waals surface area (Å²) < 4.78 is 6.69. The standard InChI is InChI=1S/C19H20INO2/c1-3-12-23-17-8-4-15(5-9-17)6-11-19(22)21-18-10-7-16(20)13-14(18)2/h4-11,13H,3,12H2,1-2H3,(H,21,22)/b11-6+. The van der Waals surface area contributed by atoms with Gasteiger partial charge in [-0.1, -0.05) is 19.1 Å². The number of aryl methyl sites for hydroxylation is 1. The quantitative estimate of drug-likeness (QED) is 0.524. The average molecular weight is 421 g/mol. The molecular weight excluding hydrogens is 401 g/mol. The van der Waals surface area contributed by atoms with Crippen LogP contribution in [0.15, 0.2) is 48.5 Å². The van der Waals surface area contributed by atoms with Crippen LogP contribution in [0, 0.1) is 10.5 Å². The molecule has 0 radical (unpaired) electrons. The summed E-state index contributed by atoms with van der Waals surface area (Å²) >= 11 is 2.25. The molecule has 0 aliphatic carbocycles. The van der Waals surface area contributed by atoms with Gasteiger partial charge in [0.1, 0.15) is 5.75 Å². The highest BCUT2D eigenvalue weighted by atomic mass is 127. The van der Waals surface area contributed by atoms with Crippen molar-refractivity contribution in [1.29, 1.82) is 0 Å². The maximum Gasteiger partial charge on any atom is 0.248 e. The van der Waals surface area contributed by atoms with Crippen molar-refractivity contribution in [2.75, 3.05) is 11.9 Å². The predicted octanol–water partition coefficient (Wildman–Crippen LogP) is 5.04. The van der Waals surface area contributed by atoms with Crippen LogP contribution in [0.4, 0.5) is 5.69 Å². The summed E-state index contributed by atoms with van der Waals surface area (Å²) in [5, 5.41) is 2.89. The second kappa shape index (κ2) is 8.72. The van der Waals surface area contributed by atoms with Crippen LogP contribution in [0.5, 0.6) is 5.75 Å². The summed E-state index contributed by atoms with van der Waals surface area (Å²) in [5.74, 6) is 0.712. The van der Waals surface area contributed by atoms with Gasteiger partial charge in [-0.15, -0.1) is 0 Å². The van der Waals surface area contributed by atoms with E-state index in [1.54, 1.807) is 12.2 Å². The van der Waals surface area contributed by atoms with Crippen molar-refractivity contribution in [1.82, 2.24) is 0 Å². The number of rotatable bonds is 6. The molecule has 0 saturated heterocycles. The topological polar surface area (TPSA) is 38.3 Å². The molecule has 0 spiro atoms. The van der Waals surface area contributed by atoms with Crippen molar-refractivity contribution in [3.05, 3.63) is 63.2 Å². The van der Waals surface area contributed by atoms with Gasteiger partial charge in [-0.25, -0.2) is 0 Å². The lowest BCUT2D eigenvalue weighted by molar-refractivity contribution is -0.111. The lowest BCUT2D eigenvalue weighted by Gasteiger charge is -2.06. The van der Waals surface area contributed by atoms with Crippen LogP contribution in [0.2, 0.25) is 0 Å². The summed E-state index contributed by atoms with van der Waals surface area (Å²) in [6, 6.07) is 13.6. The zero-order chi connectivity index (χ0) is 16.7. The molecule has 2 aromatic rings. The molecular formula is C19H20INO2. The highest BCUT2D eigenvalue weighted by Crippen LogP contribution is 2.18. The third-order valence-corrected chi connectivity index (χ3v) is 3.90. The van der Waals surface area contributed by atoms with Crippen molar-refractivity contribution in [3.63, 3.8) is 0 Å². The highest BCUT2D eigenvalue weighted by molar-refractivity contribution is 14.1. The summed E-state index contributed by atoms with van der Waals surface area (Å²) in [5.41, 5.74) is 2.85. The molecule has 4 heteroatoms. The number of hydrogen-bond acceptors (Lipinski definition) is 2. The smallest absolute Gasteiger partial charge is 0.248 e. The molecule has 2 rings (SSSR count). The Bertz CT molecular complexity index is 693. The molecule has 0 bridgehead atoms. The minimum atomic E-state index is -0.138. The largest absolute Gasteiger partial charge is 0.494 e. The molecule has 120 valence electrons. The molecule has 0 unspecified atom stereocenters. The van der Waals surface area contributed by atoms with Gasteiger partial charge in [0.2, 0.25) is 5.91 Å². The number of carbonyl (C=O) groups is 1. The van der Waals surface area contributed by atoms with Crippen molar-refractivity contribution in [2.24, 2.45) is 0 Å². The maximum absolute atomic E-state index is 12.0. The molecule has 0 aromatic heterocycles. The highest BCUT2D eigenvalue weighted by Gasteiger charge is 2.02. The molecule has 2 aromatic carbocycles. The summed E-state index contributed by atoms with van der Waals surface area (Å²) in [6.07, 6.45) is 4.32. The molecule has 0 atom stereocenters. The Kier molecular flexibility index (Phi) is 6.65. The number of ether oxygens (including phenoxy) is 1. The molecule has 3 nitrogen and oxygen atoms in total. The van der Waals surface area contributed by atoms with Crippen LogP contribution in [0.3, 0.4) is 0 Å². The third kappa shape index (κ3) is 5.71. The van der Waals surface area contributed by atoms with Crippen LogP contribution in [0.1, 0.15) is 24.5 Å². The number of halogens is 1. The van der Waals surface area contributed by atoms with Gasteiger partial charge in [-0.3, -0.25) is 4.79 Å². The van der Waals surface area contributed by atoms with E-state index in [4.69, 9.17) is 4.74 Å². The van der Waals surface area contributed by atoms with E-state index in [0.29, 0.717) is 6.61 Å². The second-order valence-corrected chi connectivity index (χ2v) is 6.44. The zero-order valence-electron chi connectivity index (χ0n) is 13.3. The minimum absolute atomic E-state index is 0.138. The van der Waals surface area contributed by atoms with E-state index in [0.717, 1.165) is 32.6 Å². The first-order valence-corrected chi connectivity index (χ1v) is 8.64. The fourth-order valence-corrected chi connectivity index (χ4v) is 2.66. The second-order valence-electron chi connectivity index (χ2n) is 5.20. The Morgan fingerprint density at radius 3 is 2.61 bits per heavy atom. The van der Waals surface area contributed by atoms with Crippen LogP contribution in [0.25, 0.3) is 6.08 Å².